The summed E-state index contributed by atoms with van der Waals surface area (Å²) in [4.78, 5) is 24.7. The van der Waals surface area contributed by atoms with Crippen LogP contribution in [0.5, 0.6) is 11.5 Å². The van der Waals surface area contributed by atoms with E-state index >= 15 is 0 Å². The van der Waals surface area contributed by atoms with Crippen molar-refractivity contribution in [2.24, 2.45) is 0 Å². The van der Waals surface area contributed by atoms with E-state index in [1.165, 1.54) is 13.2 Å². The summed E-state index contributed by atoms with van der Waals surface area (Å²) in [6, 6.07) is 23.1. The zero-order chi connectivity index (χ0) is 20.9. The fourth-order valence-corrected chi connectivity index (χ4v) is 3.03. The smallest absolute Gasteiger partial charge is 0.337 e. The quantitative estimate of drug-likeness (QED) is 0.477. The van der Waals surface area contributed by atoms with Gasteiger partial charge in [0.05, 0.1) is 12.7 Å². The van der Waals surface area contributed by atoms with Crippen molar-refractivity contribution in [3.8, 4) is 11.5 Å². The molecule has 1 heterocycles. The van der Waals surface area contributed by atoms with E-state index in [1.54, 1.807) is 42.5 Å². The number of fused-ring (bicyclic) bond motifs is 1. The van der Waals surface area contributed by atoms with E-state index in [1.807, 2.05) is 30.3 Å². The summed E-state index contributed by atoms with van der Waals surface area (Å²) in [7, 11) is 1.52. The SMILES string of the molecule is COc1ccc2c(C(=O)Nc3ccc(OCc4ccccc4)cc3)cc(=O)oc2c1. The van der Waals surface area contributed by atoms with Crippen LogP contribution in [0.2, 0.25) is 0 Å². The van der Waals surface area contributed by atoms with Crippen LogP contribution in [-0.4, -0.2) is 13.0 Å². The standard InChI is InChI=1S/C24H19NO5/c1-28-19-11-12-20-21(14-23(26)30-22(20)13-19)24(27)25-17-7-9-18(10-8-17)29-15-16-5-3-2-4-6-16/h2-14H,15H2,1H3,(H,25,27). The lowest BCUT2D eigenvalue weighted by Gasteiger charge is -2.10. The summed E-state index contributed by atoms with van der Waals surface area (Å²) in [6.45, 7) is 0.460. The monoisotopic (exact) mass is 401 g/mol. The average molecular weight is 401 g/mol. The minimum Gasteiger partial charge on any atom is -0.497 e. The number of hydrogen-bond acceptors (Lipinski definition) is 5. The summed E-state index contributed by atoms with van der Waals surface area (Å²) in [5.41, 5.74) is 1.57. The zero-order valence-electron chi connectivity index (χ0n) is 16.3. The second-order valence-corrected chi connectivity index (χ2v) is 6.59. The molecule has 6 heteroatoms. The molecule has 0 bridgehead atoms. The summed E-state index contributed by atoms with van der Waals surface area (Å²) in [5.74, 6) is 0.820. The maximum absolute atomic E-state index is 12.8. The normalized spacial score (nSPS) is 10.6. The minimum absolute atomic E-state index is 0.230. The second kappa shape index (κ2) is 8.53. The molecule has 3 aromatic carbocycles. The number of amides is 1. The molecule has 0 aliphatic carbocycles. The first kappa shape index (κ1) is 19.3. The third-order valence-corrected chi connectivity index (χ3v) is 4.56. The number of carbonyl (C=O) groups is 1. The molecule has 0 saturated heterocycles. The topological polar surface area (TPSA) is 77.8 Å². The maximum atomic E-state index is 12.8. The largest absolute Gasteiger partial charge is 0.497 e. The highest BCUT2D eigenvalue weighted by atomic mass is 16.5. The van der Waals surface area contributed by atoms with Crippen molar-refractivity contribution < 1.29 is 18.7 Å². The molecule has 1 N–H and O–H groups in total. The first-order chi connectivity index (χ1) is 14.6. The third-order valence-electron chi connectivity index (χ3n) is 4.56. The Morgan fingerprint density at radius 3 is 2.40 bits per heavy atom. The lowest BCUT2D eigenvalue weighted by Crippen LogP contribution is -2.15. The minimum atomic E-state index is -0.606. The third kappa shape index (κ3) is 4.33. The van der Waals surface area contributed by atoms with E-state index in [9.17, 15) is 9.59 Å². The van der Waals surface area contributed by atoms with E-state index in [0.717, 1.165) is 5.56 Å². The molecule has 1 aromatic heterocycles. The van der Waals surface area contributed by atoms with Crippen LogP contribution in [0.15, 0.2) is 88.1 Å². The van der Waals surface area contributed by atoms with Crippen LogP contribution in [-0.2, 0) is 6.61 Å². The predicted molar refractivity (Wildman–Crippen MR) is 114 cm³/mol. The lowest BCUT2D eigenvalue weighted by molar-refractivity contribution is 0.102. The van der Waals surface area contributed by atoms with Crippen LogP contribution in [0.3, 0.4) is 0 Å². The molecule has 0 spiro atoms. The Balaban J connectivity index is 1.49. The van der Waals surface area contributed by atoms with Crippen molar-refractivity contribution >= 4 is 22.6 Å². The van der Waals surface area contributed by atoms with Crippen molar-refractivity contribution in [2.45, 2.75) is 6.61 Å². The molecular weight excluding hydrogens is 382 g/mol. The molecule has 0 aliphatic rings. The Morgan fingerprint density at radius 2 is 1.67 bits per heavy atom. The van der Waals surface area contributed by atoms with Crippen LogP contribution in [0, 0.1) is 0 Å². The summed E-state index contributed by atoms with van der Waals surface area (Å²) < 4.78 is 16.1. The van der Waals surface area contributed by atoms with Crippen molar-refractivity contribution in [3.05, 3.63) is 100 Å². The number of ether oxygens (including phenoxy) is 2. The molecule has 0 saturated carbocycles. The Hall–Kier alpha value is -4.06. The van der Waals surface area contributed by atoms with E-state index in [-0.39, 0.29) is 11.1 Å². The van der Waals surface area contributed by atoms with Crippen LogP contribution in [0.25, 0.3) is 11.0 Å². The van der Waals surface area contributed by atoms with Crippen molar-refractivity contribution in [2.75, 3.05) is 12.4 Å². The van der Waals surface area contributed by atoms with Crippen LogP contribution in [0.4, 0.5) is 5.69 Å². The van der Waals surface area contributed by atoms with E-state index in [2.05, 4.69) is 5.32 Å². The number of anilines is 1. The van der Waals surface area contributed by atoms with Gasteiger partial charge in [0.15, 0.2) is 0 Å². The molecule has 150 valence electrons. The highest BCUT2D eigenvalue weighted by Crippen LogP contribution is 2.24. The second-order valence-electron chi connectivity index (χ2n) is 6.59. The van der Waals surface area contributed by atoms with E-state index < -0.39 is 11.5 Å². The molecule has 1 amide bonds. The highest BCUT2D eigenvalue weighted by Gasteiger charge is 2.14. The number of methoxy groups -OCH3 is 1. The van der Waals surface area contributed by atoms with Crippen LogP contribution in [0.1, 0.15) is 15.9 Å². The summed E-state index contributed by atoms with van der Waals surface area (Å²) in [6.07, 6.45) is 0. The van der Waals surface area contributed by atoms with Gasteiger partial charge in [-0.2, -0.15) is 0 Å². The molecule has 0 aliphatic heterocycles. The number of hydrogen-bond donors (Lipinski definition) is 1. The highest BCUT2D eigenvalue weighted by molar-refractivity contribution is 6.12. The van der Waals surface area contributed by atoms with Gasteiger partial charge in [-0.1, -0.05) is 30.3 Å². The molecule has 0 fully saturated rings. The van der Waals surface area contributed by atoms with Crippen LogP contribution >= 0.6 is 0 Å². The predicted octanol–water partition coefficient (Wildman–Crippen LogP) is 4.63. The molecule has 4 aromatic rings. The number of rotatable bonds is 6. The van der Waals surface area contributed by atoms with Gasteiger partial charge in [-0.3, -0.25) is 4.79 Å². The fraction of sp³-hybridized carbons (Fsp3) is 0.0833. The zero-order valence-corrected chi connectivity index (χ0v) is 16.3. The fourth-order valence-electron chi connectivity index (χ4n) is 3.03. The maximum Gasteiger partial charge on any atom is 0.337 e. The molecule has 0 radical (unpaired) electrons. The summed E-state index contributed by atoms with van der Waals surface area (Å²) in [5, 5.41) is 3.32. The van der Waals surface area contributed by atoms with Crippen LogP contribution < -0.4 is 20.4 Å². The van der Waals surface area contributed by atoms with Crippen molar-refractivity contribution in [1.29, 1.82) is 0 Å². The van der Waals surface area contributed by atoms with Gasteiger partial charge >= 0.3 is 5.63 Å². The van der Waals surface area contributed by atoms with E-state index in [4.69, 9.17) is 13.9 Å². The molecule has 0 unspecified atom stereocenters. The van der Waals surface area contributed by atoms with Crippen molar-refractivity contribution in [3.63, 3.8) is 0 Å². The average Bonchev–Trinajstić information content (AvgIpc) is 2.78. The first-order valence-corrected chi connectivity index (χ1v) is 9.32. The Kier molecular flexibility index (Phi) is 5.48. The first-order valence-electron chi connectivity index (χ1n) is 9.32. The van der Waals surface area contributed by atoms with Gasteiger partial charge in [0.1, 0.15) is 23.7 Å². The van der Waals surface area contributed by atoms with Gasteiger partial charge in [0.25, 0.3) is 5.91 Å². The van der Waals surface area contributed by atoms with Gasteiger partial charge in [0.2, 0.25) is 0 Å². The molecule has 0 atom stereocenters. The Morgan fingerprint density at radius 1 is 0.933 bits per heavy atom. The molecular formula is C24H19NO5. The van der Waals surface area contributed by atoms with Gasteiger partial charge in [-0.05, 0) is 42.0 Å². The van der Waals surface area contributed by atoms with Gasteiger partial charge in [-0.15, -0.1) is 0 Å². The number of nitrogens with one attached hydrogen (secondary N) is 1. The molecule has 6 nitrogen and oxygen atoms in total. The lowest BCUT2D eigenvalue weighted by atomic mass is 10.1. The molecule has 4 rings (SSSR count). The Bertz CT molecular complexity index is 1230. The number of carbonyl (C=O) groups excluding carboxylic acids is 1. The van der Waals surface area contributed by atoms with E-state index in [0.29, 0.717) is 29.2 Å². The Labute approximate surface area is 172 Å². The molecule has 30 heavy (non-hydrogen) atoms. The van der Waals surface area contributed by atoms with Gasteiger partial charge in [-0.25, -0.2) is 4.79 Å². The summed E-state index contributed by atoms with van der Waals surface area (Å²) >= 11 is 0. The van der Waals surface area contributed by atoms with Gasteiger partial charge in [0, 0.05) is 23.2 Å². The number of benzene rings is 3. The van der Waals surface area contributed by atoms with Crippen molar-refractivity contribution in [1.82, 2.24) is 0 Å². The van der Waals surface area contributed by atoms with Gasteiger partial charge < -0.3 is 19.2 Å².